The highest BCUT2D eigenvalue weighted by Crippen LogP contribution is 2.28. The zero-order chi connectivity index (χ0) is 31.8. The minimum absolute atomic E-state index is 0.0580. The molecule has 5 rings (SSSR count). The highest BCUT2D eigenvalue weighted by Gasteiger charge is 2.32. The highest BCUT2D eigenvalue weighted by molar-refractivity contribution is 7.91. The fraction of sp³-hybridized carbons (Fsp3) is 0.400. The van der Waals surface area contributed by atoms with Gasteiger partial charge in [0.25, 0.3) is 5.56 Å². The topological polar surface area (TPSA) is 122 Å². The van der Waals surface area contributed by atoms with Crippen LogP contribution in [0.5, 0.6) is 0 Å². The zero-order valence-corrected chi connectivity index (χ0v) is 25.6. The lowest BCUT2D eigenvalue weighted by molar-refractivity contribution is 0.109. The molecule has 0 radical (unpaired) electrons. The summed E-state index contributed by atoms with van der Waals surface area (Å²) in [6, 6.07) is 7.93. The second kappa shape index (κ2) is 12.5. The smallest absolute Gasteiger partial charge is 0.278 e. The fourth-order valence-electron chi connectivity index (χ4n) is 5.48. The number of halogens is 3. The standard InChI is InChI=1S/C30H34F3N7O3S/c1-17(2)40-28-25(15-34-30(37-28)35-21-10-12-26(39(3)4)23(33)14-21)36-27(29(40)41)19-7-11-24(22(32)13-19)38-44(42,43)16-18-5-8-20(31)9-6-18/h5-9,11,13,15,17,21,23,26,38H,10,12,14,16H2,1-4H3,(H,34,35,37)/t21-,23-,26-/m0/s1. The van der Waals surface area contributed by atoms with Crippen LogP contribution >= 0.6 is 0 Å². The molecule has 14 heteroatoms. The maximum absolute atomic E-state index is 15.2. The van der Waals surface area contributed by atoms with Gasteiger partial charge < -0.3 is 10.2 Å². The maximum atomic E-state index is 15.2. The van der Waals surface area contributed by atoms with Gasteiger partial charge in [-0.1, -0.05) is 18.2 Å². The molecule has 2 N–H and O–H groups in total. The van der Waals surface area contributed by atoms with E-state index in [0.29, 0.717) is 23.9 Å². The summed E-state index contributed by atoms with van der Waals surface area (Å²) in [7, 11) is -0.285. The Morgan fingerprint density at radius 3 is 2.43 bits per heavy atom. The van der Waals surface area contributed by atoms with Gasteiger partial charge in [0.2, 0.25) is 16.0 Å². The summed E-state index contributed by atoms with van der Waals surface area (Å²) in [5, 5.41) is 3.20. The molecule has 2 heterocycles. The van der Waals surface area contributed by atoms with Gasteiger partial charge in [-0.3, -0.25) is 14.1 Å². The second-order valence-electron chi connectivity index (χ2n) is 11.5. The first-order chi connectivity index (χ1) is 20.8. The molecule has 0 spiro atoms. The Balaban J connectivity index is 1.40. The van der Waals surface area contributed by atoms with E-state index in [0.717, 1.165) is 24.6 Å². The third-order valence-corrected chi connectivity index (χ3v) is 8.91. The molecule has 0 bridgehead atoms. The zero-order valence-electron chi connectivity index (χ0n) is 24.8. The predicted molar refractivity (Wildman–Crippen MR) is 164 cm³/mol. The molecule has 2 aromatic heterocycles. The molecule has 234 valence electrons. The van der Waals surface area contributed by atoms with Crippen LogP contribution in [0.2, 0.25) is 0 Å². The number of nitrogens with zero attached hydrogens (tertiary/aromatic N) is 5. The number of hydrogen-bond donors (Lipinski definition) is 2. The van der Waals surface area contributed by atoms with Gasteiger partial charge in [-0.15, -0.1) is 0 Å². The summed E-state index contributed by atoms with van der Waals surface area (Å²) in [5.41, 5.74) is 0.149. The van der Waals surface area contributed by atoms with E-state index in [1.807, 2.05) is 19.0 Å². The highest BCUT2D eigenvalue weighted by atomic mass is 32.2. The SMILES string of the molecule is CC(C)n1c(=O)c(-c2ccc(NS(=O)(=O)Cc3ccc(F)cc3)c(F)c2)nc2cnc(N[C@H]3CC[C@H](N(C)C)[C@@H](F)C3)nc21. The molecule has 4 aromatic rings. The summed E-state index contributed by atoms with van der Waals surface area (Å²) in [6.45, 7) is 3.60. The number of rotatable bonds is 9. The van der Waals surface area contributed by atoms with Crippen molar-refractivity contribution in [3.05, 3.63) is 76.2 Å². The summed E-state index contributed by atoms with van der Waals surface area (Å²) >= 11 is 0. The molecule has 1 saturated carbocycles. The lowest BCUT2D eigenvalue weighted by atomic mass is 9.89. The molecule has 1 fully saturated rings. The second-order valence-corrected chi connectivity index (χ2v) is 13.2. The molecule has 0 unspecified atom stereocenters. The van der Waals surface area contributed by atoms with Crippen LogP contribution in [-0.4, -0.2) is 65.2 Å². The third-order valence-electron chi connectivity index (χ3n) is 7.66. The Hall–Kier alpha value is -4.04. The van der Waals surface area contributed by atoms with Gasteiger partial charge in [0.05, 0.1) is 17.6 Å². The van der Waals surface area contributed by atoms with Crippen molar-refractivity contribution in [1.82, 2.24) is 24.4 Å². The lowest BCUT2D eigenvalue weighted by Crippen LogP contribution is -2.44. The Labute approximate surface area is 253 Å². The molecule has 44 heavy (non-hydrogen) atoms. The van der Waals surface area contributed by atoms with Crippen LogP contribution in [0, 0.1) is 11.6 Å². The largest absolute Gasteiger partial charge is 0.351 e. The van der Waals surface area contributed by atoms with Gasteiger partial charge in [-0.05, 0) is 70.6 Å². The van der Waals surface area contributed by atoms with Gasteiger partial charge in [-0.25, -0.2) is 31.6 Å². The molecule has 2 aromatic carbocycles. The molecule has 0 saturated heterocycles. The van der Waals surface area contributed by atoms with Gasteiger partial charge in [0.15, 0.2) is 5.65 Å². The van der Waals surface area contributed by atoms with Gasteiger partial charge in [0, 0.05) is 30.1 Å². The van der Waals surface area contributed by atoms with Gasteiger partial charge >= 0.3 is 0 Å². The van der Waals surface area contributed by atoms with Crippen LogP contribution in [-0.2, 0) is 15.8 Å². The number of hydrogen-bond acceptors (Lipinski definition) is 8. The monoisotopic (exact) mass is 629 g/mol. The van der Waals surface area contributed by atoms with Crippen LogP contribution in [0.3, 0.4) is 0 Å². The lowest BCUT2D eigenvalue weighted by Gasteiger charge is -2.35. The number of aromatic nitrogens is 4. The maximum Gasteiger partial charge on any atom is 0.278 e. The summed E-state index contributed by atoms with van der Waals surface area (Å²) in [6.07, 6.45) is 2.20. The van der Waals surface area contributed by atoms with Crippen molar-refractivity contribution in [3.8, 4) is 11.3 Å². The number of sulfonamides is 1. The summed E-state index contributed by atoms with van der Waals surface area (Å²) < 4.78 is 71.9. The van der Waals surface area contributed by atoms with Crippen molar-refractivity contribution in [2.24, 2.45) is 0 Å². The Bertz CT molecular complexity index is 1830. The van der Waals surface area contributed by atoms with Gasteiger partial charge in [-0.2, -0.15) is 4.98 Å². The van der Waals surface area contributed by atoms with E-state index in [4.69, 9.17) is 0 Å². The summed E-state index contributed by atoms with van der Waals surface area (Å²) in [5.74, 6) is -1.64. The number of anilines is 2. The predicted octanol–water partition coefficient (Wildman–Crippen LogP) is 4.89. The van der Waals surface area contributed by atoms with E-state index in [9.17, 15) is 22.0 Å². The molecular formula is C30H34F3N7O3S. The molecule has 0 amide bonds. The van der Waals surface area contributed by atoms with Crippen molar-refractivity contribution in [3.63, 3.8) is 0 Å². The van der Waals surface area contributed by atoms with Crippen LogP contribution in [0.15, 0.2) is 53.5 Å². The van der Waals surface area contributed by atoms with E-state index in [2.05, 4.69) is 25.0 Å². The first kappa shape index (κ1) is 31.4. The van der Waals surface area contributed by atoms with Crippen LogP contribution in [0.25, 0.3) is 22.4 Å². The van der Waals surface area contributed by atoms with Crippen molar-refractivity contribution < 1.29 is 21.6 Å². The first-order valence-electron chi connectivity index (χ1n) is 14.2. The Kier molecular flexibility index (Phi) is 8.93. The van der Waals surface area contributed by atoms with E-state index < -0.39 is 39.1 Å². The molecule has 3 atom stereocenters. The average molecular weight is 630 g/mol. The van der Waals surface area contributed by atoms with Gasteiger partial charge in [0.1, 0.15) is 29.0 Å². The number of alkyl halides is 1. The van der Waals surface area contributed by atoms with E-state index in [1.54, 1.807) is 13.8 Å². The quantitative estimate of drug-likeness (QED) is 0.269. The van der Waals surface area contributed by atoms with E-state index in [-0.39, 0.29) is 46.7 Å². The Morgan fingerprint density at radius 2 is 1.80 bits per heavy atom. The normalized spacial score (nSPS) is 19.1. The summed E-state index contributed by atoms with van der Waals surface area (Å²) in [4.78, 5) is 28.9. The van der Waals surface area contributed by atoms with E-state index >= 15 is 4.39 Å². The van der Waals surface area contributed by atoms with Crippen LogP contribution in [0.1, 0.15) is 44.7 Å². The van der Waals surface area contributed by atoms with E-state index in [1.165, 1.54) is 35.0 Å². The fourth-order valence-corrected chi connectivity index (χ4v) is 6.69. The minimum atomic E-state index is -4.02. The van der Waals surface area contributed by atoms with Crippen LogP contribution in [0.4, 0.5) is 24.8 Å². The average Bonchev–Trinajstić information content (AvgIpc) is 2.94. The van der Waals surface area contributed by atoms with Crippen molar-refractivity contribution in [1.29, 1.82) is 0 Å². The van der Waals surface area contributed by atoms with Crippen molar-refractivity contribution in [2.45, 2.75) is 63.2 Å². The Morgan fingerprint density at radius 1 is 1.07 bits per heavy atom. The number of fused-ring (bicyclic) bond motifs is 1. The molecule has 10 nitrogen and oxygen atoms in total. The molecule has 1 aliphatic rings. The van der Waals surface area contributed by atoms with Crippen LogP contribution < -0.4 is 15.6 Å². The first-order valence-corrected chi connectivity index (χ1v) is 15.9. The van der Waals surface area contributed by atoms with Crippen molar-refractivity contribution in [2.75, 3.05) is 24.1 Å². The molecular weight excluding hydrogens is 595 g/mol. The van der Waals surface area contributed by atoms with Crippen molar-refractivity contribution >= 4 is 32.8 Å². The number of nitrogens with one attached hydrogen (secondary N) is 2. The number of benzene rings is 2. The minimum Gasteiger partial charge on any atom is -0.351 e. The third kappa shape index (κ3) is 6.86. The molecule has 0 aliphatic heterocycles. The molecule has 1 aliphatic carbocycles.